The summed E-state index contributed by atoms with van der Waals surface area (Å²) in [6.07, 6.45) is 0. The van der Waals surface area contributed by atoms with Crippen LogP contribution in [-0.4, -0.2) is 0 Å². The Morgan fingerprint density at radius 2 is 0.884 bits per heavy atom. The fourth-order valence-corrected chi connectivity index (χ4v) is 6.57. The minimum absolute atomic E-state index is 0.201. The molecule has 1 heteroatoms. The fraction of sp³-hybridized carbons (Fsp3) is 0. The number of furan rings is 1. The van der Waals surface area contributed by atoms with Crippen molar-refractivity contribution in [1.29, 1.82) is 0 Å². The van der Waals surface area contributed by atoms with Gasteiger partial charge in [-0.1, -0.05) is 133 Å². The number of hydrogen-bond acceptors (Lipinski definition) is 1. The molecule has 8 aromatic carbocycles. The molecule has 0 bridgehead atoms. The van der Waals surface area contributed by atoms with E-state index in [2.05, 4.69) is 97.1 Å². The molecule has 0 saturated heterocycles. The highest BCUT2D eigenvalue weighted by molar-refractivity contribution is 6.22. The van der Waals surface area contributed by atoms with Crippen LogP contribution in [0.25, 0.3) is 87.6 Å². The van der Waals surface area contributed by atoms with Gasteiger partial charge >= 0.3 is 0 Å². The molecule has 9 rings (SSSR count). The van der Waals surface area contributed by atoms with Gasteiger partial charge in [-0.05, 0) is 90.0 Å². The quantitative estimate of drug-likeness (QED) is 0.199. The van der Waals surface area contributed by atoms with Gasteiger partial charge in [-0.2, -0.15) is 0 Å². The van der Waals surface area contributed by atoms with Crippen molar-refractivity contribution >= 4 is 54.3 Å². The lowest BCUT2D eigenvalue weighted by atomic mass is 9.85. The van der Waals surface area contributed by atoms with E-state index in [0.717, 1.165) is 71.1 Å². The Kier molecular flexibility index (Phi) is 4.27. The van der Waals surface area contributed by atoms with Crippen LogP contribution in [0.4, 0.5) is 0 Å². The van der Waals surface area contributed by atoms with Gasteiger partial charge in [0.1, 0.15) is 11.2 Å². The van der Waals surface area contributed by atoms with Crippen LogP contribution in [0.2, 0.25) is 0 Å². The molecule has 0 aliphatic rings. The summed E-state index contributed by atoms with van der Waals surface area (Å²) in [6.45, 7) is 0. The van der Waals surface area contributed by atoms with Crippen molar-refractivity contribution in [2.45, 2.75) is 0 Å². The summed E-state index contributed by atoms with van der Waals surface area (Å²) in [5.41, 5.74) is 6.75. The second-order valence-electron chi connectivity index (χ2n) is 10.9. The summed E-state index contributed by atoms with van der Waals surface area (Å²) in [6, 6.07) is 42.2. The molecule has 0 saturated carbocycles. The first-order valence-corrected chi connectivity index (χ1v) is 14.4. The van der Waals surface area contributed by atoms with Crippen molar-refractivity contribution in [3.8, 4) is 33.4 Å². The molecule has 0 fully saturated rings. The highest BCUT2D eigenvalue weighted by Crippen LogP contribution is 2.45. The van der Waals surface area contributed by atoms with E-state index in [1.807, 2.05) is 30.3 Å². The number of benzene rings is 8. The Morgan fingerprint density at radius 1 is 0.372 bits per heavy atom. The van der Waals surface area contributed by atoms with Crippen molar-refractivity contribution in [2.75, 3.05) is 0 Å². The minimum Gasteiger partial charge on any atom is -0.456 e. The Labute approximate surface area is 256 Å². The molecule has 0 radical (unpaired) electrons. The normalized spacial score (nSPS) is 13.3. The summed E-state index contributed by atoms with van der Waals surface area (Å²) in [5.74, 6) is 0. The van der Waals surface area contributed by atoms with Gasteiger partial charge in [0.2, 0.25) is 0 Å². The molecule has 200 valence electrons. The molecule has 0 unspecified atom stereocenters. The molecule has 9 aromatic rings. The monoisotopic (exact) mass is 551 g/mol. The molecular formula is C42H26O. The Hall–Kier alpha value is -5.66. The zero-order chi connectivity index (χ0) is 32.7. The van der Waals surface area contributed by atoms with Gasteiger partial charge in [0.05, 0.1) is 6.85 Å². The predicted molar refractivity (Wildman–Crippen MR) is 183 cm³/mol. The zero-order valence-corrected chi connectivity index (χ0v) is 23.0. The van der Waals surface area contributed by atoms with Crippen LogP contribution >= 0.6 is 0 Å². The van der Waals surface area contributed by atoms with Gasteiger partial charge in [-0.25, -0.2) is 0 Å². The van der Waals surface area contributed by atoms with E-state index >= 15 is 0 Å². The molecule has 0 N–H and O–H groups in total. The summed E-state index contributed by atoms with van der Waals surface area (Å²) < 4.78 is 47.6. The SMILES string of the molecule is [2H]c1c([2H])c([2H])c(-c2ccc(-c3c4ccccc4c(-c4ccc5c(c4)oc4cc6ccccc6cc45)c4ccccc34)cc2)c([2H])c1[2H]. The lowest BCUT2D eigenvalue weighted by Gasteiger charge is -2.18. The van der Waals surface area contributed by atoms with Gasteiger partial charge in [0, 0.05) is 10.8 Å². The van der Waals surface area contributed by atoms with Crippen LogP contribution < -0.4 is 0 Å². The smallest absolute Gasteiger partial charge is 0.136 e. The highest BCUT2D eigenvalue weighted by Gasteiger charge is 2.18. The highest BCUT2D eigenvalue weighted by atomic mass is 16.3. The molecule has 1 heterocycles. The van der Waals surface area contributed by atoms with Crippen molar-refractivity contribution in [2.24, 2.45) is 0 Å². The second kappa shape index (κ2) is 9.44. The predicted octanol–water partition coefficient (Wildman–Crippen LogP) is 12.0. The van der Waals surface area contributed by atoms with Crippen molar-refractivity contribution in [1.82, 2.24) is 0 Å². The topological polar surface area (TPSA) is 13.1 Å². The molecule has 0 spiro atoms. The molecule has 1 aromatic heterocycles. The summed E-state index contributed by atoms with van der Waals surface area (Å²) >= 11 is 0. The minimum atomic E-state index is -0.392. The average molecular weight is 552 g/mol. The first kappa shape index (κ1) is 19.5. The van der Waals surface area contributed by atoms with Crippen LogP contribution in [0.1, 0.15) is 6.85 Å². The van der Waals surface area contributed by atoms with Crippen molar-refractivity contribution in [3.63, 3.8) is 0 Å². The fourth-order valence-electron chi connectivity index (χ4n) is 6.57. The first-order valence-electron chi connectivity index (χ1n) is 16.9. The molecule has 0 amide bonds. The van der Waals surface area contributed by atoms with Crippen molar-refractivity contribution < 1.29 is 11.3 Å². The molecule has 0 aliphatic carbocycles. The third kappa shape index (κ3) is 3.79. The van der Waals surface area contributed by atoms with Gasteiger partial charge in [0.25, 0.3) is 0 Å². The van der Waals surface area contributed by atoms with E-state index in [0.29, 0.717) is 5.56 Å². The molecule has 1 nitrogen and oxygen atoms in total. The molecule has 0 aliphatic heterocycles. The Balaban J connectivity index is 1.24. The zero-order valence-electron chi connectivity index (χ0n) is 28.0. The maximum absolute atomic E-state index is 8.45. The van der Waals surface area contributed by atoms with E-state index < -0.39 is 6.04 Å². The average Bonchev–Trinajstić information content (AvgIpc) is 3.48. The maximum Gasteiger partial charge on any atom is 0.136 e. The third-order valence-corrected chi connectivity index (χ3v) is 8.52. The Bertz CT molecular complexity index is 2690. The van der Waals surface area contributed by atoms with Gasteiger partial charge in [0.15, 0.2) is 0 Å². The molecule has 43 heavy (non-hydrogen) atoms. The lowest BCUT2D eigenvalue weighted by Crippen LogP contribution is -1.91. The number of rotatable bonds is 3. The number of hydrogen-bond donors (Lipinski definition) is 0. The van der Waals surface area contributed by atoms with Crippen LogP contribution in [0.5, 0.6) is 0 Å². The summed E-state index contributed by atoms with van der Waals surface area (Å²) in [4.78, 5) is 0. The second-order valence-corrected chi connectivity index (χ2v) is 10.9. The van der Waals surface area contributed by atoms with Crippen LogP contribution in [0.3, 0.4) is 0 Å². The van der Waals surface area contributed by atoms with E-state index in [4.69, 9.17) is 11.3 Å². The largest absolute Gasteiger partial charge is 0.456 e. The van der Waals surface area contributed by atoms with E-state index in [1.54, 1.807) is 0 Å². The van der Waals surface area contributed by atoms with Gasteiger partial charge in [-0.15, -0.1) is 0 Å². The summed E-state index contributed by atoms with van der Waals surface area (Å²) in [7, 11) is 0. The molecular weight excluding hydrogens is 520 g/mol. The summed E-state index contributed by atoms with van der Waals surface area (Å²) in [5, 5.41) is 8.94. The van der Waals surface area contributed by atoms with Crippen LogP contribution in [-0.2, 0) is 0 Å². The maximum atomic E-state index is 8.45. The Morgan fingerprint density at radius 3 is 1.53 bits per heavy atom. The standard InChI is InChI=1S/C42H26O/c1-2-10-27(11-3-1)28-18-20-29(21-19-28)41-34-14-6-8-16-36(34)42(37-17-9-7-15-35(37)41)32-22-23-33-38-24-30-12-4-5-13-31(30)25-40(38)43-39(33)26-32/h1-26H/i1D,2D,3D,10D,11D. The van der Waals surface area contributed by atoms with Crippen LogP contribution in [0, 0.1) is 0 Å². The third-order valence-electron chi connectivity index (χ3n) is 8.52. The lowest BCUT2D eigenvalue weighted by molar-refractivity contribution is 0.669. The van der Waals surface area contributed by atoms with E-state index in [1.165, 1.54) is 5.39 Å². The van der Waals surface area contributed by atoms with Gasteiger partial charge < -0.3 is 4.42 Å². The number of fused-ring (bicyclic) bond motifs is 6. The molecule has 0 atom stereocenters. The van der Waals surface area contributed by atoms with E-state index in [-0.39, 0.29) is 29.7 Å². The van der Waals surface area contributed by atoms with Crippen molar-refractivity contribution in [3.05, 3.63) is 158 Å². The first-order chi connectivity index (χ1) is 23.4. The van der Waals surface area contributed by atoms with E-state index in [9.17, 15) is 0 Å². The van der Waals surface area contributed by atoms with Gasteiger partial charge in [-0.3, -0.25) is 0 Å². The van der Waals surface area contributed by atoms with Crippen LogP contribution in [0.15, 0.2) is 162 Å².